The number of pyridine rings is 1. The molecule has 0 atom stereocenters. The molecule has 0 unspecified atom stereocenters. The Balaban J connectivity index is 1.45. The molecule has 1 aliphatic rings. The summed E-state index contributed by atoms with van der Waals surface area (Å²) in [6, 6.07) is 7.80. The minimum atomic E-state index is -0.307. The van der Waals surface area contributed by atoms with Crippen LogP contribution in [0.25, 0.3) is 0 Å². The van der Waals surface area contributed by atoms with Crippen LogP contribution in [0.15, 0.2) is 55.1 Å². The van der Waals surface area contributed by atoms with Crippen molar-refractivity contribution in [1.82, 2.24) is 15.0 Å². The zero-order valence-corrected chi connectivity index (χ0v) is 16.4. The highest BCUT2D eigenvalue weighted by Gasteiger charge is 2.15. The van der Waals surface area contributed by atoms with Crippen LogP contribution < -0.4 is 10.2 Å². The maximum absolute atomic E-state index is 13.1. The number of anilines is 3. The van der Waals surface area contributed by atoms with Gasteiger partial charge in [0.05, 0.1) is 24.1 Å². The van der Waals surface area contributed by atoms with E-state index < -0.39 is 0 Å². The lowest BCUT2D eigenvalue weighted by atomic mass is 10.0. The first-order valence-corrected chi connectivity index (χ1v) is 9.82. The smallest absolute Gasteiger partial charge is 0.225 e. The quantitative estimate of drug-likeness (QED) is 0.627. The summed E-state index contributed by atoms with van der Waals surface area (Å²) in [4.78, 5) is 27.7. The molecule has 30 heavy (non-hydrogen) atoms. The SMILES string of the molecule is O=C(Cc1ccncc1Nc1ccc(F)cc1)c1cnc(N2CCCOCC2)nc1. The molecule has 0 saturated carbocycles. The van der Waals surface area contributed by atoms with Crippen molar-refractivity contribution in [2.75, 3.05) is 36.5 Å². The van der Waals surface area contributed by atoms with E-state index in [1.54, 1.807) is 43.0 Å². The molecular weight excluding hydrogens is 385 g/mol. The molecule has 7 nitrogen and oxygen atoms in total. The van der Waals surface area contributed by atoms with Gasteiger partial charge in [0, 0.05) is 50.4 Å². The van der Waals surface area contributed by atoms with Crippen LogP contribution in [0.4, 0.5) is 21.7 Å². The topological polar surface area (TPSA) is 80.2 Å². The molecule has 4 rings (SSSR count). The molecule has 0 radical (unpaired) electrons. The van der Waals surface area contributed by atoms with Crippen molar-refractivity contribution in [2.24, 2.45) is 0 Å². The molecule has 154 valence electrons. The Hall–Kier alpha value is -3.39. The third kappa shape index (κ3) is 4.96. The Kier molecular flexibility index (Phi) is 6.24. The number of aromatic nitrogens is 3. The molecule has 1 fully saturated rings. The second-order valence-corrected chi connectivity index (χ2v) is 6.99. The number of Topliss-reactive ketones (excluding diaryl/α,β-unsaturated/α-hetero) is 1. The van der Waals surface area contributed by atoms with E-state index in [4.69, 9.17) is 4.74 Å². The van der Waals surface area contributed by atoms with E-state index in [1.807, 2.05) is 0 Å². The minimum absolute atomic E-state index is 0.0888. The van der Waals surface area contributed by atoms with Crippen molar-refractivity contribution in [1.29, 1.82) is 0 Å². The van der Waals surface area contributed by atoms with Gasteiger partial charge in [-0.3, -0.25) is 9.78 Å². The first-order chi connectivity index (χ1) is 14.7. The molecule has 0 bridgehead atoms. The van der Waals surface area contributed by atoms with Gasteiger partial charge in [-0.1, -0.05) is 0 Å². The van der Waals surface area contributed by atoms with E-state index in [0.717, 1.165) is 31.7 Å². The molecule has 1 saturated heterocycles. The molecule has 3 aromatic rings. The molecule has 2 aromatic heterocycles. The summed E-state index contributed by atoms with van der Waals surface area (Å²) in [6.07, 6.45) is 7.53. The molecule has 1 aromatic carbocycles. The molecule has 0 amide bonds. The monoisotopic (exact) mass is 407 g/mol. The van der Waals surface area contributed by atoms with Gasteiger partial charge in [-0.05, 0) is 42.3 Å². The number of nitrogens with zero attached hydrogens (tertiary/aromatic N) is 4. The second kappa shape index (κ2) is 9.41. The molecule has 0 spiro atoms. The van der Waals surface area contributed by atoms with Crippen LogP contribution in [-0.2, 0) is 11.2 Å². The predicted octanol–water partition coefficient (Wildman–Crippen LogP) is 3.41. The summed E-state index contributed by atoms with van der Waals surface area (Å²) in [5, 5.41) is 3.18. The van der Waals surface area contributed by atoms with Crippen LogP contribution in [0.2, 0.25) is 0 Å². The van der Waals surface area contributed by atoms with Crippen molar-refractivity contribution in [3.8, 4) is 0 Å². The van der Waals surface area contributed by atoms with E-state index in [9.17, 15) is 9.18 Å². The van der Waals surface area contributed by atoms with Crippen LogP contribution in [0, 0.1) is 5.82 Å². The van der Waals surface area contributed by atoms with Crippen LogP contribution in [0.1, 0.15) is 22.3 Å². The van der Waals surface area contributed by atoms with Crippen LogP contribution in [-0.4, -0.2) is 47.0 Å². The van der Waals surface area contributed by atoms with Crippen molar-refractivity contribution < 1.29 is 13.9 Å². The normalized spacial score (nSPS) is 14.2. The van der Waals surface area contributed by atoms with Gasteiger partial charge in [0.2, 0.25) is 5.95 Å². The van der Waals surface area contributed by atoms with E-state index in [1.165, 1.54) is 12.1 Å². The second-order valence-electron chi connectivity index (χ2n) is 6.99. The number of carbonyl (C=O) groups is 1. The number of rotatable bonds is 6. The zero-order chi connectivity index (χ0) is 20.8. The van der Waals surface area contributed by atoms with Gasteiger partial charge in [0.15, 0.2) is 5.78 Å². The summed E-state index contributed by atoms with van der Waals surface area (Å²) in [6.45, 7) is 2.97. The number of nitrogens with one attached hydrogen (secondary N) is 1. The summed E-state index contributed by atoms with van der Waals surface area (Å²) in [5.41, 5.74) is 2.65. The third-order valence-electron chi connectivity index (χ3n) is 4.85. The highest BCUT2D eigenvalue weighted by Crippen LogP contribution is 2.22. The Labute approximate surface area is 174 Å². The highest BCUT2D eigenvalue weighted by atomic mass is 19.1. The Morgan fingerprint density at radius 2 is 1.87 bits per heavy atom. The van der Waals surface area contributed by atoms with Gasteiger partial charge in [0.1, 0.15) is 5.82 Å². The summed E-state index contributed by atoms with van der Waals surface area (Å²) < 4.78 is 18.6. The lowest BCUT2D eigenvalue weighted by Gasteiger charge is -2.19. The van der Waals surface area contributed by atoms with Crippen LogP contribution in [0.5, 0.6) is 0 Å². The standard InChI is InChI=1S/C22H22FN5O2/c23-18-2-4-19(5-3-18)27-20-15-24-7-6-16(20)12-21(29)17-13-25-22(26-14-17)28-8-1-10-30-11-9-28/h2-7,13-15,27H,1,8-12H2. The maximum Gasteiger partial charge on any atom is 0.225 e. The van der Waals surface area contributed by atoms with E-state index in [0.29, 0.717) is 29.5 Å². The van der Waals surface area contributed by atoms with Gasteiger partial charge in [0.25, 0.3) is 0 Å². The molecular formula is C22H22FN5O2. The Morgan fingerprint density at radius 1 is 1.07 bits per heavy atom. The zero-order valence-electron chi connectivity index (χ0n) is 16.4. The predicted molar refractivity (Wildman–Crippen MR) is 112 cm³/mol. The van der Waals surface area contributed by atoms with Gasteiger partial charge >= 0.3 is 0 Å². The summed E-state index contributed by atoms with van der Waals surface area (Å²) >= 11 is 0. The summed E-state index contributed by atoms with van der Waals surface area (Å²) in [5.74, 6) is 0.215. The molecule has 1 N–H and O–H groups in total. The first-order valence-electron chi connectivity index (χ1n) is 9.82. The fourth-order valence-electron chi connectivity index (χ4n) is 3.23. The number of halogens is 1. The van der Waals surface area contributed by atoms with E-state index >= 15 is 0 Å². The molecule has 0 aliphatic carbocycles. The average Bonchev–Trinajstić information content (AvgIpc) is 3.06. The number of ether oxygens (including phenoxy) is 1. The average molecular weight is 407 g/mol. The number of hydrogen-bond acceptors (Lipinski definition) is 7. The fraction of sp³-hybridized carbons (Fsp3) is 0.273. The Bertz CT molecular complexity index is 987. The van der Waals surface area contributed by atoms with E-state index in [2.05, 4.69) is 25.2 Å². The fourth-order valence-corrected chi connectivity index (χ4v) is 3.23. The molecule has 8 heteroatoms. The third-order valence-corrected chi connectivity index (χ3v) is 4.85. The van der Waals surface area contributed by atoms with Gasteiger partial charge in [-0.25, -0.2) is 14.4 Å². The van der Waals surface area contributed by atoms with Crippen molar-refractivity contribution in [2.45, 2.75) is 12.8 Å². The summed E-state index contributed by atoms with van der Waals surface area (Å²) in [7, 11) is 0. The van der Waals surface area contributed by atoms with E-state index in [-0.39, 0.29) is 18.0 Å². The lowest BCUT2D eigenvalue weighted by molar-refractivity contribution is 0.0992. The molecule has 1 aliphatic heterocycles. The number of ketones is 1. The maximum atomic E-state index is 13.1. The lowest BCUT2D eigenvalue weighted by Crippen LogP contribution is -2.27. The van der Waals surface area contributed by atoms with Crippen molar-refractivity contribution >= 4 is 23.1 Å². The van der Waals surface area contributed by atoms with Gasteiger partial charge in [-0.15, -0.1) is 0 Å². The van der Waals surface area contributed by atoms with Crippen molar-refractivity contribution in [3.63, 3.8) is 0 Å². The first kappa shape index (κ1) is 19.9. The largest absolute Gasteiger partial charge is 0.380 e. The number of benzene rings is 1. The highest BCUT2D eigenvalue weighted by molar-refractivity contribution is 5.97. The van der Waals surface area contributed by atoms with Crippen molar-refractivity contribution in [3.05, 3.63) is 72.1 Å². The minimum Gasteiger partial charge on any atom is -0.380 e. The number of hydrogen-bond donors (Lipinski definition) is 1. The molecule has 3 heterocycles. The number of carbonyl (C=O) groups excluding carboxylic acids is 1. The van der Waals surface area contributed by atoms with Gasteiger partial charge < -0.3 is 15.0 Å². The van der Waals surface area contributed by atoms with Gasteiger partial charge in [-0.2, -0.15) is 0 Å². The Morgan fingerprint density at radius 3 is 2.67 bits per heavy atom. The van der Waals surface area contributed by atoms with Crippen LogP contribution in [0.3, 0.4) is 0 Å². The van der Waals surface area contributed by atoms with Crippen LogP contribution >= 0.6 is 0 Å².